The monoisotopic (exact) mass is 1720 g/mol. The van der Waals surface area contributed by atoms with Gasteiger partial charge >= 0.3 is 0 Å². The van der Waals surface area contributed by atoms with E-state index in [2.05, 4.69) is 447 Å². The second-order valence-electron chi connectivity index (χ2n) is 35.2. The molecule has 131 heavy (non-hydrogen) atoms. The van der Waals surface area contributed by atoms with Crippen LogP contribution in [0.1, 0.15) is 103 Å². The summed E-state index contributed by atoms with van der Waals surface area (Å²) >= 11 is 0. The molecule has 6 aromatic heterocycles. The van der Waals surface area contributed by atoms with Gasteiger partial charge in [0.25, 0.3) is 0 Å². The highest BCUT2D eigenvalue weighted by Crippen LogP contribution is 2.38. The lowest BCUT2D eigenvalue weighted by atomic mass is 9.93. The van der Waals surface area contributed by atoms with E-state index < -0.39 is 13.7 Å². The quantitative estimate of drug-likeness (QED) is 0.109. The number of hydrogen-bond donors (Lipinski definition) is 0. The summed E-state index contributed by atoms with van der Waals surface area (Å²) in [6.45, 7) is 28.0. The number of aryl methyl sites for hydroxylation is 23. The van der Waals surface area contributed by atoms with Gasteiger partial charge in [0.2, 0.25) is 34.2 Å². The van der Waals surface area contributed by atoms with Gasteiger partial charge in [0.15, 0.2) is 37.2 Å². The Hall–Kier alpha value is -14.5. The number of benzene rings is 12. The first kappa shape index (κ1) is 85.9. The summed E-state index contributed by atoms with van der Waals surface area (Å²) < 4.78 is 58.4. The lowest BCUT2D eigenvalue weighted by Gasteiger charge is -2.12. The molecule has 0 fully saturated rings. The predicted octanol–water partition coefficient (Wildman–Crippen LogP) is 28.3. The molecule has 12 aromatic carbocycles. The molecule has 18 rings (SSSR count). The zero-order valence-electron chi connectivity index (χ0n) is 86.4. The molecule has 18 aromatic rings. The Kier molecular flexibility index (Phi) is 28.3. The van der Waals surface area contributed by atoms with Crippen molar-refractivity contribution in [3.05, 3.63) is 465 Å². The van der Waals surface area contributed by atoms with E-state index >= 15 is 0 Å². The van der Waals surface area contributed by atoms with E-state index in [0.29, 0.717) is 11.1 Å². The van der Waals surface area contributed by atoms with Crippen LogP contribution in [-0.4, -0.2) is 0 Å². The van der Waals surface area contributed by atoms with Gasteiger partial charge in [-0.2, -0.15) is 0 Å². The molecule has 0 bridgehead atoms. The normalized spacial score (nSPS) is 11.6. The van der Waals surface area contributed by atoms with Gasteiger partial charge in [0.1, 0.15) is 42.3 Å². The Morgan fingerprint density at radius 3 is 0.733 bits per heavy atom. The lowest BCUT2D eigenvalue weighted by Crippen LogP contribution is -2.31. The number of aromatic nitrogens is 6. The topological polar surface area (TPSA) is 23.3 Å². The highest BCUT2D eigenvalue weighted by Gasteiger charge is 2.23. The molecule has 0 unspecified atom stereocenters. The number of hydrogen-bond acceptors (Lipinski definition) is 0. The standard InChI is InChI=1S/C22H24N.3C21H22N.2C20H20N/c1-15-12-22(23(5)14-18(15)4)21-13-20(16(2)11-17(21)3)19-9-7-6-8-10-19;2*1-15-10-11-19(18-8-6-5-7-9-18)13-20(15)21-12-16(2)17(3)14-22(21)4;1-15-10-11-21(22(4)14-15)20-13-19(16(2)12-17(20)3)18-8-6-5-7-9-18;1-15-13-16(2)19(20-11-7-8-12-21(20)3)14-18(15)17-9-5-4-6-10-17;1-15-9-12-20(21(3)14-15)19-13-18(11-10-16(19)2)17-7-5-4-6-8-17/h6-14H,1-5H3;3*5-14H,1-4H3;2*4-14H,1-3H3/q6*+1/i;3D3;;;;1D3. The van der Waals surface area contributed by atoms with Crippen LogP contribution in [0.4, 0.5) is 0 Å². The van der Waals surface area contributed by atoms with Crippen LogP contribution in [-0.2, 0) is 42.3 Å². The van der Waals surface area contributed by atoms with Crippen LogP contribution in [0.2, 0.25) is 0 Å². The van der Waals surface area contributed by atoms with Crippen LogP contribution in [0.5, 0.6) is 0 Å². The van der Waals surface area contributed by atoms with Crippen molar-refractivity contribution in [1.82, 2.24) is 0 Å². The largest absolute Gasteiger partial charge is 0.212 e. The molecule has 0 radical (unpaired) electrons. The van der Waals surface area contributed by atoms with E-state index in [1.165, 1.54) is 167 Å². The van der Waals surface area contributed by atoms with Crippen LogP contribution < -0.4 is 27.4 Å². The van der Waals surface area contributed by atoms with Crippen molar-refractivity contribution in [2.24, 2.45) is 42.3 Å². The van der Waals surface area contributed by atoms with Gasteiger partial charge in [-0.3, -0.25) is 0 Å². The summed E-state index contributed by atoms with van der Waals surface area (Å²) in [5.74, 6) is 0. The third-order valence-electron chi connectivity index (χ3n) is 25.1. The summed E-state index contributed by atoms with van der Waals surface area (Å²) in [7, 11) is 12.2. The van der Waals surface area contributed by atoms with Crippen molar-refractivity contribution < 1.29 is 35.6 Å². The fraction of sp³-hybridized carbons (Fsp3) is 0.184. The molecule has 6 nitrogen and oxygen atoms in total. The molecule has 0 amide bonds. The fourth-order valence-corrected chi connectivity index (χ4v) is 17.3. The van der Waals surface area contributed by atoms with E-state index in [0.717, 1.165) is 50.3 Å². The van der Waals surface area contributed by atoms with Gasteiger partial charge in [0.05, 0.1) is 0 Å². The fourth-order valence-electron chi connectivity index (χ4n) is 17.3. The molecule has 0 aliphatic rings. The van der Waals surface area contributed by atoms with Gasteiger partial charge in [0, 0.05) is 112 Å². The smallest absolute Gasteiger partial charge is 0.201 e. The van der Waals surface area contributed by atoms with E-state index in [1.54, 1.807) is 18.5 Å². The molecule has 0 saturated carbocycles. The van der Waals surface area contributed by atoms with Crippen molar-refractivity contribution in [2.45, 2.75) is 118 Å². The average molecular weight is 1720 g/mol. The zero-order chi connectivity index (χ0) is 98.3. The van der Waals surface area contributed by atoms with E-state index in [1.807, 2.05) is 78.7 Å². The molecule has 0 N–H and O–H groups in total. The Balaban J connectivity index is 0.000000139. The summed E-state index contributed by atoms with van der Waals surface area (Å²) in [6.07, 6.45) is 12.1. The molecule has 654 valence electrons. The molecule has 0 aliphatic carbocycles. The summed E-state index contributed by atoms with van der Waals surface area (Å²) in [6, 6.07) is 117. The molecule has 0 saturated heterocycles. The lowest BCUT2D eigenvalue weighted by molar-refractivity contribution is -0.660. The maximum Gasteiger partial charge on any atom is 0.212 e. The molecule has 6 heterocycles. The summed E-state index contributed by atoms with van der Waals surface area (Å²) in [4.78, 5) is 0. The predicted molar refractivity (Wildman–Crippen MR) is 551 cm³/mol. The minimum atomic E-state index is -2.10. The van der Waals surface area contributed by atoms with Crippen LogP contribution in [0.25, 0.3) is 134 Å². The second kappa shape index (κ2) is 43.1. The SMILES string of the molecule is Cc1cc(-c2cc(-c3ccccc3)c(C)cc2C)[n+](C)cc1C.Cc1cc(-c2cc(-c3ccccc3)ccc2C)[n+](C)cc1C.Cc1cc(C)c(-c2cccc[n+]2C)cc1-c1ccccc1.Cc1ccc(-c2cc(-c3ccccc3)c(C)cc2C)[n+](C)c1.[2H]C([2H])([2H])c1c[n+](C)c(-c2cc(-c3ccccc3)ccc2C)cc1C.[2H]C([2H])([2H])c1ccc(-c2cc(-c3ccccc3)ccc2C)[n+](C)c1. The minimum absolute atomic E-state index is 0.352. The van der Waals surface area contributed by atoms with Crippen molar-refractivity contribution in [3.63, 3.8) is 0 Å². The van der Waals surface area contributed by atoms with Crippen LogP contribution >= 0.6 is 0 Å². The van der Waals surface area contributed by atoms with Crippen molar-refractivity contribution >= 4 is 0 Å². The maximum atomic E-state index is 7.69. The third kappa shape index (κ3) is 23.2. The Bertz CT molecular complexity index is 7310. The third-order valence-corrected chi connectivity index (χ3v) is 25.1. The maximum absolute atomic E-state index is 7.69. The van der Waals surface area contributed by atoms with Crippen molar-refractivity contribution in [2.75, 3.05) is 0 Å². The van der Waals surface area contributed by atoms with Gasteiger partial charge in [-0.1, -0.05) is 237 Å². The minimum Gasteiger partial charge on any atom is -0.201 e. The van der Waals surface area contributed by atoms with Crippen LogP contribution in [0, 0.1) is 118 Å². The van der Waals surface area contributed by atoms with Crippen molar-refractivity contribution in [3.8, 4) is 134 Å². The Labute approximate surface area is 790 Å². The molecule has 0 aliphatic heterocycles. The number of rotatable bonds is 12. The first-order valence-electron chi connectivity index (χ1n) is 48.3. The van der Waals surface area contributed by atoms with Crippen LogP contribution in [0.15, 0.2) is 371 Å². The van der Waals surface area contributed by atoms with E-state index in [-0.39, 0.29) is 0 Å². The Morgan fingerprint density at radius 1 is 0.153 bits per heavy atom. The average Bonchev–Trinajstić information content (AvgIpc) is 0.816. The molecular weight excluding hydrogens is 1590 g/mol. The van der Waals surface area contributed by atoms with E-state index in [4.69, 9.17) is 8.22 Å². The molecule has 0 atom stereocenters. The molecular formula is C125H130N6+6. The van der Waals surface area contributed by atoms with Crippen LogP contribution in [0.3, 0.4) is 0 Å². The van der Waals surface area contributed by atoms with E-state index in [9.17, 15) is 0 Å². The first-order chi connectivity index (χ1) is 65.4. The molecule has 0 spiro atoms. The zero-order valence-corrected chi connectivity index (χ0v) is 80.4. The number of nitrogens with zero attached hydrogens (tertiary/aromatic N) is 6. The summed E-state index contributed by atoms with van der Waals surface area (Å²) in [5, 5.41) is 0. The van der Waals surface area contributed by atoms with Gasteiger partial charge in [-0.25, -0.2) is 27.4 Å². The second-order valence-corrected chi connectivity index (χ2v) is 35.2. The first-order valence-corrected chi connectivity index (χ1v) is 45.3. The molecule has 6 heteroatoms. The van der Waals surface area contributed by atoms with Crippen molar-refractivity contribution in [1.29, 1.82) is 0 Å². The number of pyridine rings is 6. The van der Waals surface area contributed by atoms with Gasteiger partial charge in [-0.15, -0.1) is 0 Å². The highest BCUT2D eigenvalue weighted by atomic mass is 14.9. The summed E-state index contributed by atoms with van der Waals surface area (Å²) in [5.41, 5.74) is 49.0. The van der Waals surface area contributed by atoms with Gasteiger partial charge < -0.3 is 0 Å². The Morgan fingerprint density at radius 2 is 0.412 bits per heavy atom. The highest BCUT2D eigenvalue weighted by molar-refractivity contribution is 5.81. The van der Waals surface area contributed by atoms with Gasteiger partial charge in [-0.05, 0) is 306 Å².